The number of aromatic nitrogens is 2. The SMILES string of the molecule is Cc1cc(N)c(Cl)cc1NC(=O)c1cncn1C. The molecule has 0 spiro atoms. The third-order valence-corrected chi connectivity index (χ3v) is 2.97. The number of benzene rings is 1. The van der Waals surface area contributed by atoms with Crippen LogP contribution in [0.3, 0.4) is 0 Å². The fraction of sp³-hybridized carbons (Fsp3) is 0.167. The van der Waals surface area contributed by atoms with Crippen molar-refractivity contribution in [2.75, 3.05) is 11.1 Å². The fourth-order valence-electron chi connectivity index (χ4n) is 1.60. The van der Waals surface area contributed by atoms with Crippen LogP contribution in [0.2, 0.25) is 5.02 Å². The molecular formula is C12H13ClN4O. The molecule has 2 rings (SSSR count). The van der Waals surface area contributed by atoms with Gasteiger partial charge in [-0.05, 0) is 24.6 Å². The highest BCUT2D eigenvalue weighted by atomic mass is 35.5. The number of carbonyl (C=O) groups excluding carboxylic acids is 1. The van der Waals surface area contributed by atoms with E-state index in [0.717, 1.165) is 5.56 Å². The quantitative estimate of drug-likeness (QED) is 0.817. The lowest BCUT2D eigenvalue weighted by Crippen LogP contribution is -2.16. The van der Waals surface area contributed by atoms with E-state index in [2.05, 4.69) is 10.3 Å². The molecule has 0 atom stereocenters. The number of nitrogens with one attached hydrogen (secondary N) is 1. The van der Waals surface area contributed by atoms with Gasteiger partial charge in [0.05, 0.1) is 23.2 Å². The first-order valence-corrected chi connectivity index (χ1v) is 5.70. The van der Waals surface area contributed by atoms with Crippen LogP contribution in [0.15, 0.2) is 24.7 Å². The molecule has 0 aliphatic carbocycles. The third-order valence-electron chi connectivity index (χ3n) is 2.64. The van der Waals surface area contributed by atoms with Crippen LogP contribution >= 0.6 is 11.6 Å². The molecule has 94 valence electrons. The van der Waals surface area contributed by atoms with Crippen LogP contribution in [-0.4, -0.2) is 15.5 Å². The number of hydrogen-bond donors (Lipinski definition) is 2. The number of amides is 1. The zero-order valence-corrected chi connectivity index (χ0v) is 10.8. The Kier molecular flexibility index (Phi) is 3.25. The van der Waals surface area contributed by atoms with Crippen LogP contribution in [0.5, 0.6) is 0 Å². The summed E-state index contributed by atoms with van der Waals surface area (Å²) in [6.45, 7) is 1.85. The fourth-order valence-corrected chi connectivity index (χ4v) is 1.76. The van der Waals surface area contributed by atoms with Crippen molar-refractivity contribution < 1.29 is 4.79 Å². The van der Waals surface area contributed by atoms with Crippen molar-refractivity contribution in [2.24, 2.45) is 7.05 Å². The Morgan fingerprint density at radius 2 is 2.22 bits per heavy atom. The van der Waals surface area contributed by atoms with Crippen molar-refractivity contribution in [3.05, 3.63) is 40.9 Å². The number of aryl methyl sites for hydroxylation is 2. The van der Waals surface area contributed by atoms with E-state index in [1.54, 1.807) is 30.1 Å². The average Bonchev–Trinajstić information content (AvgIpc) is 2.72. The lowest BCUT2D eigenvalue weighted by Gasteiger charge is -2.10. The molecule has 0 aliphatic heterocycles. The van der Waals surface area contributed by atoms with Crippen LogP contribution in [0.25, 0.3) is 0 Å². The third kappa shape index (κ3) is 2.31. The highest BCUT2D eigenvalue weighted by molar-refractivity contribution is 6.33. The number of carbonyl (C=O) groups is 1. The van der Waals surface area contributed by atoms with Crippen molar-refractivity contribution in [2.45, 2.75) is 6.92 Å². The smallest absolute Gasteiger partial charge is 0.273 e. The highest BCUT2D eigenvalue weighted by Gasteiger charge is 2.12. The van der Waals surface area contributed by atoms with Crippen LogP contribution in [0, 0.1) is 6.92 Å². The van der Waals surface area contributed by atoms with Gasteiger partial charge in [-0.2, -0.15) is 0 Å². The zero-order valence-electron chi connectivity index (χ0n) is 10.1. The molecule has 0 radical (unpaired) electrons. The number of imidazole rings is 1. The number of nitrogens with two attached hydrogens (primary N) is 1. The molecule has 1 aromatic heterocycles. The van der Waals surface area contributed by atoms with Gasteiger partial charge in [-0.3, -0.25) is 4.79 Å². The Balaban J connectivity index is 2.28. The Morgan fingerprint density at radius 3 is 2.83 bits per heavy atom. The summed E-state index contributed by atoms with van der Waals surface area (Å²) in [6.07, 6.45) is 3.07. The molecule has 0 saturated carbocycles. The van der Waals surface area contributed by atoms with E-state index in [0.29, 0.717) is 22.1 Å². The van der Waals surface area contributed by atoms with Crippen LogP contribution < -0.4 is 11.1 Å². The molecule has 0 fully saturated rings. The van der Waals surface area contributed by atoms with Gasteiger partial charge < -0.3 is 15.6 Å². The van der Waals surface area contributed by atoms with Crippen LogP contribution in [0.1, 0.15) is 16.1 Å². The van der Waals surface area contributed by atoms with Gasteiger partial charge in [0, 0.05) is 12.7 Å². The minimum atomic E-state index is -0.237. The summed E-state index contributed by atoms with van der Waals surface area (Å²) in [5.74, 6) is -0.237. The van der Waals surface area contributed by atoms with E-state index in [4.69, 9.17) is 17.3 Å². The summed E-state index contributed by atoms with van der Waals surface area (Å²) in [5.41, 5.74) is 8.14. The summed E-state index contributed by atoms with van der Waals surface area (Å²) in [7, 11) is 1.75. The number of halogens is 1. The van der Waals surface area contributed by atoms with Gasteiger partial charge in [0.1, 0.15) is 5.69 Å². The van der Waals surface area contributed by atoms with Crippen molar-refractivity contribution in [3.8, 4) is 0 Å². The highest BCUT2D eigenvalue weighted by Crippen LogP contribution is 2.26. The molecule has 2 aromatic rings. The molecule has 0 saturated heterocycles. The van der Waals surface area contributed by atoms with Gasteiger partial charge in [0.15, 0.2) is 0 Å². The number of hydrogen-bond acceptors (Lipinski definition) is 3. The van der Waals surface area contributed by atoms with Gasteiger partial charge in [0.25, 0.3) is 5.91 Å². The van der Waals surface area contributed by atoms with E-state index in [9.17, 15) is 4.79 Å². The number of rotatable bonds is 2. The molecule has 5 nitrogen and oxygen atoms in total. The second kappa shape index (κ2) is 4.70. The Labute approximate surface area is 110 Å². The second-order valence-electron chi connectivity index (χ2n) is 4.03. The van der Waals surface area contributed by atoms with Crippen molar-refractivity contribution in [1.82, 2.24) is 9.55 Å². The first-order valence-electron chi connectivity index (χ1n) is 5.32. The van der Waals surface area contributed by atoms with Crippen LogP contribution in [-0.2, 0) is 7.05 Å². The van der Waals surface area contributed by atoms with E-state index < -0.39 is 0 Å². The molecule has 1 amide bonds. The van der Waals surface area contributed by atoms with Crippen molar-refractivity contribution >= 4 is 28.9 Å². The lowest BCUT2D eigenvalue weighted by atomic mass is 10.1. The summed E-state index contributed by atoms with van der Waals surface area (Å²) in [4.78, 5) is 15.9. The largest absolute Gasteiger partial charge is 0.398 e. The minimum absolute atomic E-state index is 0.237. The predicted molar refractivity (Wildman–Crippen MR) is 71.8 cm³/mol. The van der Waals surface area contributed by atoms with E-state index in [-0.39, 0.29) is 5.91 Å². The summed E-state index contributed by atoms with van der Waals surface area (Å²) >= 11 is 5.93. The Hall–Kier alpha value is -2.01. The first kappa shape index (κ1) is 12.4. The summed E-state index contributed by atoms with van der Waals surface area (Å²) in [5, 5.41) is 3.20. The van der Waals surface area contributed by atoms with Crippen molar-refractivity contribution in [3.63, 3.8) is 0 Å². The van der Waals surface area contributed by atoms with Crippen molar-refractivity contribution in [1.29, 1.82) is 0 Å². The normalized spacial score (nSPS) is 10.4. The average molecular weight is 265 g/mol. The number of anilines is 2. The van der Waals surface area contributed by atoms with Gasteiger partial charge in [-0.25, -0.2) is 4.98 Å². The molecular weight excluding hydrogens is 252 g/mol. The predicted octanol–water partition coefficient (Wildman–Crippen LogP) is 2.22. The minimum Gasteiger partial charge on any atom is -0.398 e. The first-order chi connectivity index (χ1) is 8.49. The zero-order chi connectivity index (χ0) is 13.3. The topological polar surface area (TPSA) is 72.9 Å². The maximum atomic E-state index is 12.0. The van der Waals surface area contributed by atoms with Gasteiger partial charge >= 0.3 is 0 Å². The van der Waals surface area contributed by atoms with Crippen LogP contribution in [0.4, 0.5) is 11.4 Å². The van der Waals surface area contributed by atoms with E-state index in [1.165, 1.54) is 6.20 Å². The van der Waals surface area contributed by atoms with E-state index >= 15 is 0 Å². The summed E-state index contributed by atoms with van der Waals surface area (Å²) in [6, 6.07) is 3.36. The molecule has 1 heterocycles. The maximum Gasteiger partial charge on any atom is 0.273 e. The molecule has 18 heavy (non-hydrogen) atoms. The summed E-state index contributed by atoms with van der Waals surface area (Å²) < 4.78 is 1.64. The molecule has 0 aliphatic rings. The monoisotopic (exact) mass is 264 g/mol. The Morgan fingerprint density at radius 1 is 1.50 bits per heavy atom. The van der Waals surface area contributed by atoms with Gasteiger partial charge in [-0.15, -0.1) is 0 Å². The lowest BCUT2D eigenvalue weighted by molar-refractivity contribution is 0.101. The molecule has 0 unspecified atom stereocenters. The Bertz CT molecular complexity index is 606. The second-order valence-corrected chi connectivity index (χ2v) is 4.44. The standard InChI is InChI=1S/C12H13ClN4O/c1-7-3-9(14)8(13)4-10(7)16-12(18)11-5-15-6-17(11)2/h3-6H,14H2,1-2H3,(H,16,18). The number of nitrogen functional groups attached to an aromatic ring is 1. The van der Waals surface area contributed by atoms with E-state index in [1.807, 2.05) is 6.92 Å². The molecule has 6 heteroatoms. The maximum absolute atomic E-state index is 12.0. The van der Waals surface area contributed by atoms with Gasteiger partial charge in [0.2, 0.25) is 0 Å². The molecule has 0 bridgehead atoms. The molecule has 3 N–H and O–H groups in total. The number of nitrogens with zero attached hydrogens (tertiary/aromatic N) is 2. The van der Waals surface area contributed by atoms with Gasteiger partial charge in [-0.1, -0.05) is 11.6 Å². The molecule has 1 aromatic carbocycles.